The Morgan fingerprint density at radius 1 is 1.13 bits per heavy atom. The maximum absolute atomic E-state index is 12.2. The van der Waals surface area contributed by atoms with Crippen molar-refractivity contribution in [3.8, 4) is 5.75 Å². The summed E-state index contributed by atoms with van der Waals surface area (Å²) >= 11 is 0. The minimum absolute atomic E-state index is 0.0231. The zero-order valence-electron chi connectivity index (χ0n) is 18.3. The van der Waals surface area contributed by atoms with Gasteiger partial charge in [0.15, 0.2) is 6.61 Å². The molecule has 3 aromatic carbocycles. The second kappa shape index (κ2) is 8.26. The van der Waals surface area contributed by atoms with Crippen LogP contribution in [0.2, 0.25) is 0 Å². The average Bonchev–Trinajstić information content (AvgIpc) is 2.76. The number of allylic oxidation sites excluding steroid dienone is 1. The molecule has 1 heterocycles. The molecule has 0 bridgehead atoms. The Bertz CT molecular complexity index is 1190. The molecule has 158 valence electrons. The Labute approximate surface area is 183 Å². The SMILES string of the molecule is CC1=CC(C)(C)N(C)c2ccc(/C=N/NC(=O)COc3cccc4ccccc34)cc21. The summed E-state index contributed by atoms with van der Waals surface area (Å²) in [5.41, 5.74) is 7.05. The molecule has 5 nitrogen and oxygen atoms in total. The third-order valence-corrected chi connectivity index (χ3v) is 5.75. The van der Waals surface area contributed by atoms with E-state index in [2.05, 4.69) is 61.5 Å². The number of carbonyl (C=O) groups excluding carboxylic acids is 1. The van der Waals surface area contributed by atoms with Gasteiger partial charge in [0.1, 0.15) is 5.75 Å². The number of rotatable bonds is 5. The van der Waals surface area contributed by atoms with Gasteiger partial charge in [0.05, 0.1) is 11.8 Å². The molecule has 0 spiro atoms. The first kappa shape index (κ1) is 20.7. The van der Waals surface area contributed by atoms with Gasteiger partial charge in [-0.05, 0) is 55.5 Å². The maximum atomic E-state index is 12.2. The molecule has 3 aromatic rings. The second-order valence-electron chi connectivity index (χ2n) is 8.38. The van der Waals surface area contributed by atoms with Crippen LogP contribution in [0.5, 0.6) is 5.75 Å². The zero-order chi connectivity index (χ0) is 22.0. The summed E-state index contributed by atoms with van der Waals surface area (Å²) in [5.74, 6) is 0.376. The lowest BCUT2D eigenvalue weighted by Gasteiger charge is -2.40. The Morgan fingerprint density at radius 3 is 2.74 bits per heavy atom. The van der Waals surface area contributed by atoms with Crippen LogP contribution in [0, 0.1) is 0 Å². The van der Waals surface area contributed by atoms with Gasteiger partial charge in [0, 0.05) is 23.7 Å². The smallest absolute Gasteiger partial charge is 0.277 e. The van der Waals surface area contributed by atoms with Crippen LogP contribution in [0.25, 0.3) is 16.3 Å². The van der Waals surface area contributed by atoms with Crippen LogP contribution in [0.3, 0.4) is 0 Å². The molecule has 0 atom stereocenters. The molecule has 1 N–H and O–H groups in total. The Hall–Kier alpha value is -3.60. The highest BCUT2D eigenvalue weighted by Crippen LogP contribution is 2.37. The molecular weight excluding hydrogens is 386 g/mol. The molecule has 0 saturated carbocycles. The standard InChI is InChI=1S/C26H27N3O2/c1-18-15-26(2,3)29(4)23-13-12-19(14-22(18)23)16-27-28-25(30)17-31-24-11-7-9-20-8-5-6-10-21(20)24/h5-16H,17H2,1-4H3,(H,28,30)/b27-16+. The summed E-state index contributed by atoms with van der Waals surface area (Å²) in [6.07, 6.45) is 3.92. The van der Waals surface area contributed by atoms with Crippen molar-refractivity contribution in [2.45, 2.75) is 26.3 Å². The molecule has 1 aliphatic heterocycles. The largest absolute Gasteiger partial charge is 0.483 e. The van der Waals surface area contributed by atoms with Crippen molar-refractivity contribution in [2.24, 2.45) is 5.10 Å². The Morgan fingerprint density at radius 2 is 1.90 bits per heavy atom. The summed E-state index contributed by atoms with van der Waals surface area (Å²) < 4.78 is 5.70. The number of ether oxygens (including phenoxy) is 1. The number of hydrogen-bond donors (Lipinski definition) is 1. The van der Waals surface area contributed by atoms with Gasteiger partial charge < -0.3 is 9.64 Å². The minimum atomic E-state index is -0.306. The molecule has 31 heavy (non-hydrogen) atoms. The summed E-state index contributed by atoms with van der Waals surface area (Å²) in [6, 6.07) is 19.9. The number of fused-ring (bicyclic) bond motifs is 2. The number of amides is 1. The lowest BCUT2D eigenvalue weighted by Crippen LogP contribution is -2.42. The monoisotopic (exact) mass is 413 g/mol. The maximum Gasteiger partial charge on any atom is 0.277 e. The predicted octanol–water partition coefficient (Wildman–Crippen LogP) is 5.00. The van der Waals surface area contributed by atoms with Crippen LogP contribution in [-0.4, -0.2) is 31.3 Å². The Kier molecular flexibility index (Phi) is 5.51. The summed E-state index contributed by atoms with van der Waals surface area (Å²) in [6.45, 7) is 6.42. The summed E-state index contributed by atoms with van der Waals surface area (Å²) in [4.78, 5) is 14.4. The number of carbonyl (C=O) groups is 1. The van der Waals surface area contributed by atoms with E-state index in [4.69, 9.17) is 4.74 Å². The van der Waals surface area contributed by atoms with E-state index in [1.165, 1.54) is 16.8 Å². The van der Waals surface area contributed by atoms with Crippen molar-refractivity contribution in [3.05, 3.63) is 77.9 Å². The quantitative estimate of drug-likeness (QED) is 0.473. The van der Waals surface area contributed by atoms with Gasteiger partial charge in [0.2, 0.25) is 0 Å². The van der Waals surface area contributed by atoms with E-state index in [-0.39, 0.29) is 18.1 Å². The van der Waals surface area contributed by atoms with Gasteiger partial charge in [-0.2, -0.15) is 5.10 Å². The highest BCUT2D eigenvalue weighted by atomic mass is 16.5. The van der Waals surface area contributed by atoms with Crippen molar-refractivity contribution in [2.75, 3.05) is 18.6 Å². The molecule has 0 radical (unpaired) electrons. The molecule has 0 fully saturated rings. The van der Waals surface area contributed by atoms with Crippen LogP contribution in [0.1, 0.15) is 31.9 Å². The number of likely N-dealkylation sites (N-methyl/N-ethyl adjacent to an activating group) is 1. The lowest BCUT2D eigenvalue weighted by atomic mass is 9.89. The number of hydrazone groups is 1. The fourth-order valence-corrected chi connectivity index (χ4v) is 3.93. The van der Waals surface area contributed by atoms with Crippen molar-refractivity contribution in [3.63, 3.8) is 0 Å². The number of hydrogen-bond acceptors (Lipinski definition) is 4. The molecule has 1 amide bonds. The zero-order valence-corrected chi connectivity index (χ0v) is 18.3. The first-order valence-electron chi connectivity index (χ1n) is 10.4. The van der Waals surface area contributed by atoms with E-state index in [9.17, 15) is 4.79 Å². The molecule has 0 aromatic heterocycles. The molecule has 0 unspecified atom stereocenters. The van der Waals surface area contributed by atoms with E-state index < -0.39 is 0 Å². The molecule has 1 aliphatic rings. The molecule has 0 aliphatic carbocycles. The number of anilines is 1. The van der Waals surface area contributed by atoms with Crippen LogP contribution in [0.4, 0.5) is 5.69 Å². The van der Waals surface area contributed by atoms with E-state index >= 15 is 0 Å². The van der Waals surface area contributed by atoms with Crippen molar-refractivity contribution >= 4 is 34.2 Å². The van der Waals surface area contributed by atoms with Crippen molar-refractivity contribution in [1.29, 1.82) is 0 Å². The van der Waals surface area contributed by atoms with Crippen molar-refractivity contribution in [1.82, 2.24) is 5.43 Å². The molecule has 4 rings (SSSR count). The third kappa shape index (κ3) is 4.31. The predicted molar refractivity (Wildman–Crippen MR) is 128 cm³/mol. The molecular formula is C26H27N3O2. The fourth-order valence-electron chi connectivity index (χ4n) is 3.93. The van der Waals surface area contributed by atoms with Gasteiger partial charge >= 0.3 is 0 Å². The first-order valence-corrected chi connectivity index (χ1v) is 10.4. The normalized spacial score (nSPS) is 15.0. The van der Waals surface area contributed by atoms with E-state index in [1.54, 1.807) is 6.21 Å². The second-order valence-corrected chi connectivity index (χ2v) is 8.38. The molecule has 0 saturated heterocycles. The fraction of sp³-hybridized carbons (Fsp3) is 0.231. The van der Waals surface area contributed by atoms with Gasteiger partial charge in [-0.15, -0.1) is 0 Å². The van der Waals surface area contributed by atoms with Crippen LogP contribution in [0.15, 0.2) is 71.8 Å². The van der Waals surface area contributed by atoms with Crippen LogP contribution >= 0.6 is 0 Å². The number of benzene rings is 3. The Balaban J connectivity index is 1.39. The van der Waals surface area contributed by atoms with Gasteiger partial charge in [-0.25, -0.2) is 5.43 Å². The van der Waals surface area contributed by atoms with Crippen LogP contribution < -0.4 is 15.1 Å². The summed E-state index contributed by atoms with van der Waals surface area (Å²) in [7, 11) is 2.10. The molecule has 5 heteroatoms. The third-order valence-electron chi connectivity index (χ3n) is 5.75. The number of nitrogens with one attached hydrogen (secondary N) is 1. The minimum Gasteiger partial charge on any atom is -0.483 e. The van der Waals surface area contributed by atoms with E-state index in [0.717, 1.165) is 16.3 Å². The highest BCUT2D eigenvalue weighted by Gasteiger charge is 2.28. The van der Waals surface area contributed by atoms with Gasteiger partial charge in [-0.1, -0.05) is 48.5 Å². The van der Waals surface area contributed by atoms with Crippen LogP contribution in [-0.2, 0) is 4.79 Å². The van der Waals surface area contributed by atoms with Gasteiger partial charge in [0.25, 0.3) is 5.91 Å². The highest BCUT2D eigenvalue weighted by molar-refractivity contribution is 5.90. The topological polar surface area (TPSA) is 53.9 Å². The first-order chi connectivity index (χ1) is 14.8. The van der Waals surface area contributed by atoms with Gasteiger partial charge in [-0.3, -0.25) is 4.79 Å². The summed E-state index contributed by atoms with van der Waals surface area (Å²) in [5, 5.41) is 6.15. The van der Waals surface area contributed by atoms with E-state index in [1.807, 2.05) is 48.5 Å². The average molecular weight is 414 g/mol. The lowest BCUT2D eigenvalue weighted by molar-refractivity contribution is -0.123. The number of nitrogens with zero attached hydrogens (tertiary/aromatic N) is 2. The van der Waals surface area contributed by atoms with Crippen molar-refractivity contribution < 1.29 is 9.53 Å². The van der Waals surface area contributed by atoms with E-state index in [0.29, 0.717) is 5.75 Å².